The Morgan fingerprint density at radius 2 is 2.14 bits per heavy atom. The van der Waals surface area contributed by atoms with Gasteiger partial charge in [0.25, 0.3) is 5.91 Å². The van der Waals surface area contributed by atoms with Crippen LogP contribution in [0.15, 0.2) is 24.2 Å². The Kier molecular flexibility index (Phi) is 8.88. The number of morpholine rings is 1. The molecule has 0 aromatic carbocycles. The molecule has 0 aliphatic carbocycles. The lowest BCUT2D eigenvalue weighted by atomic mass is 10.3. The van der Waals surface area contributed by atoms with Crippen LogP contribution in [-0.4, -0.2) is 63.9 Å². The van der Waals surface area contributed by atoms with Gasteiger partial charge < -0.3 is 24.0 Å². The van der Waals surface area contributed by atoms with Gasteiger partial charge in [-0.3, -0.25) is 14.9 Å². The number of ether oxygens (including phenoxy) is 1. The zero-order chi connectivity index (χ0) is 16.4. The van der Waals surface area contributed by atoms with Crippen molar-refractivity contribution >= 4 is 20.7 Å². The highest BCUT2D eigenvalue weighted by Crippen LogP contribution is 2.37. The molecule has 0 aromatic heterocycles. The van der Waals surface area contributed by atoms with Crippen LogP contribution in [0.25, 0.3) is 0 Å². The van der Waals surface area contributed by atoms with Crippen molar-refractivity contribution in [3.05, 3.63) is 24.2 Å². The molecule has 124 valence electrons. The van der Waals surface area contributed by atoms with E-state index in [1.807, 2.05) is 17.2 Å². The molecule has 1 aliphatic rings. The first kappa shape index (κ1) is 18.7. The maximum Gasteiger partial charge on any atom is 0.251 e. The summed E-state index contributed by atoms with van der Waals surface area (Å²) in [6, 6.07) is 0. The number of nitrogens with one attached hydrogen (secondary N) is 2. The molecule has 0 spiro atoms. The quantitative estimate of drug-likeness (QED) is 0.371. The fourth-order valence-corrected chi connectivity index (χ4v) is 2.48. The molecule has 8 nitrogen and oxygen atoms in total. The van der Waals surface area contributed by atoms with Crippen LogP contribution in [0.1, 0.15) is 0 Å². The number of hydrogen-bond acceptors (Lipinski definition) is 7. The molecule has 1 heterocycles. The highest BCUT2D eigenvalue weighted by atomic mass is 31.2. The number of imide groups is 1. The van der Waals surface area contributed by atoms with Crippen molar-refractivity contribution < 1.29 is 23.4 Å². The van der Waals surface area contributed by atoms with Gasteiger partial charge in [-0.25, -0.2) is 0 Å². The molecule has 0 radical (unpaired) electrons. The number of nitrogens with zero attached hydrogens (tertiary/aromatic N) is 1. The molecule has 9 heteroatoms. The highest BCUT2D eigenvalue weighted by Gasteiger charge is 2.22. The highest BCUT2D eigenvalue weighted by molar-refractivity contribution is 7.50. The second kappa shape index (κ2) is 10.4. The Balaban J connectivity index is 2.51. The van der Waals surface area contributed by atoms with Gasteiger partial charge in [0.15, 0.2) is 8.38 Å². The van der Waals surface area contributed by atoms with Crippen molar-refractivity contribution in [2.24, 2.45) is 0 Å². The van der Waals surface area contributed by atoms with E-state index >= 15 is 0 Å². The first-order valence-electron chi connectivity index (χ1n) is 6.67. The average molecular weight is 331 g/mol. The predicted octanol–water partition coefficient (Wildman–Crippen LogP) is 0.137. The van der Waals surface area contributed by atoms with Crippen LogP contribution in [0.2, 0.25) is 0 Å². The third-order valence-corrected chi connectivity index (χ3v) is 4.03. The summed E-state index contributed by atoms with van der Waals surface area (Å²) in [4.78, 5) is 23.1. The molecule has 2 unspecified atom stereocenters. The average Bonchev–Trinajstić information content (AvgIpc) is 2.54. The first-order chi connectivity index (χ1) is 10.6. The smallest absolute Gasteiger partial charge is 0.251 e. The molecule has 0 bridgehead atoms. The van der Waals surface area contributed by atoms with Crippen LogP contribution in [-0.2, 0) is 23.4 Å². The topological polar surface area (TPSA) is 89.1 Å². The van der Waals surface area contributed by atoms with Gasteiger partial charge in [0.05, 0.1) is 6.10 Å². The zero-order valence-electron chi connectivity index (χ0n) is 12.9. The number of amides is 2. The van der Waals surface area contributed by atoms with Crippen molar-refractivity contribution in [3.8, 4) is 0 Å². The second-order valence-corrected chi connectivity index (χ2v) is 5.99. The van der Waals surface area contributed by atoms with Crippen LogP contribution < -0.4 is 10.6 Å². The predicted molar refractivity (Wildman–Crippen MR) is 82.7 cm³/mol. The van der Waals surface area contributed by atoms with E-state index in [1.165, 1.54) is 6.08 Å². The molecule has 1 fully saturated rings. The van der Waals surface area contributed by atoms with E-state index in [-0.39, 0.29) is 12.3 Å². The normalized spacial score (nSPS) is 22.4. The van der Waals surface area contributed by atoms with Crippen LogP contribution >= 0.6 is 8.38 Å². The molecule has 22 heavy (non-hydrogen) atoms. The number of likely N-dealkylation sites (N-methyl/N-ethyl adjacent to an activating group) is 1. The molecule has 1 saturated heterocycles. The van der Waals surface area contributed by atoms with Crippen molar-refractivity contribution in [2.75, 3.05) is 34.4 Å². The first-order valence-corrected chi connectivity index (χ1v) is 7.91. The van der Waals surface area contributed by atoms with Gasteiger partial charge >= 0.3 is 0 Å². The summed E-state index contributed by atoms with van der Waals surface area (Å²) < 4.78 is 16.2. The fourth-order valence-electron chi connectivity index (χ4n) is 1.75. The Hall–Kier alpha value is -1.31. The van der Waals surface area contributed by atoms with Gasteiger partial charge in [0, 0.05) is 46.6 Å². The van der Waals surface area contributed by atoms with Crippen LogP contribution in [0.3, 0.4) is 0 Å². The van der Waals surface area contributed by atoms with Crippen LogP contribution in [0.5, 0.6) is 0 Å². The third kappa shape index (κ3) is 6.64. The van der Waals surface area contributed by atoms with Gasteiger partial charge in [0.2, 0.25) is 6.41 Å². The molecule has 0 aromatic rings. The summed E-state index contributed by atoms with van der Waals surface area (Å²) in [6.45, 7) is 1.32. The summed E-state index contributed by atoms with van der Waals surface area (Å²) in [5.74, 6) is 1.37. The van der Waals surface area contributed by atoms with E-state index in [9.17, 15) is 9.59 Å². The Labute approximate surface area is 131 Å². The Bertz CT molecular complexity index is 414. The van der Waals surface area contributed by atoms with Crippen molar-refractivity contribution in [3.63, 3.8) is 0 Å². The minimum Gasteiger partial charge on any atom is -0.354 e. The van der Waals surface area contributed by atoms with Crippen molar-refractivity contribution in [2.45, 2.75) is 12.3 Å². The summed E-state index contributed by atoms with van der Waals surface area (Å²) in [5.41, 5.74) is 0. The van der Waals surface area contributed by atoms with E-state index in [0.717, 1.165) is 0 Å². The number of hydrogen-bond donors (Lipinski definition) is 2. The van der Waals surface area contributed by atoms with E-state index < -0.39 is 14.3 Å². The molecule has 1 rings (SSSR count). The largest absolute Gasteiger partial charge is 0.354 e. The van der Waals surface area contributed by atoms with Crippen molar-refractivity contribution in [1.82, 2.24) is 15.5 Å². The zero-order valence-corrected chi connectivity index (χ0v) is 13.8. The number of carbonyl (C=O) groups excluding carboxylic acids is 2. The van der Waals surface area contributed by atoms with E-state index in [1.54, 1.807) is 32.4 Å². The van der Waals surface area contributed by atoms with Gasteiger partial charge in [-0.2, -0.15) is 0 Å². The molecular formula is C13H22N3O5P. The lowest BCUT2D eigenvalue weighted by Crippen LogP contribution is -2.49. The lowest BCUT2D eigenvalue weighted by Gasteiger charge is -2.34. The summed E-state index contributed by atoms with van der Waals surface area (Å²) >= 11 is 0. The van der Waals surface area contributed by atoms with E-state index in [2.05, 4.69) is 5.32 Å². The van der Waals surface area contributed by atoms with Crippen LogP contribution in [0.4, 0.5) is 0 Å². The number of rotatable bonds is 8. The summed E-state index contributed by atoms with van der Waals surface area (Å²) in [5, 5.41) is 5.29. The lowest BCUT2D eigenvalue weighted by molar-refractivity contribution is -0.121. The minimum absolute atomic E-state index is 0.117. The Morgan fingerprint density at radius 1 is 1.41 bits per heavy atom. The van der Waals surface area contributed by atoms with E-state index in [4.69, 9.17) is 13.8 Å². The Morgan fingerprint density at radius 3 is 2.77 bits per heavy atom. The molecule has 1 aliphatic heterocycles. The summed E-state index contributed by atoms with van der Waals surface area (Å²) in [6.07, 6.45) is 4.74. The molecular weight excluding hydrogens is 309 g/mol. The van der Waals surface area contributed by atoms with Gasteiger partial charge in [-0.05, 0) is 11.9 Å². The maximum absolute atomic E-state index is 11.2. The van der Waals surface area contributed by atoms with Crippen LogP contribution in [0, 0.1) is 0 Å². The standard InChI is InChI=1S/C13H22N3O5P/c1-16(6-4-12(18)15-10-17)13-9-14-8-11(21-13)5-7-22(19-2)20-3/h4-7,10-11,13-14H,8-9H2,1-3H3,(H,15,17,18)/b6-4-,7-5+. The fraction of sp³-hybridized carbons (Fsp3) is 0.538. The van der Waals surface area contributed by atoms with Gasteiger partial charge in [-0.1, -0.05) is 0 Å². The molecule has 2 amide bonds. The minimum atomic E-state index is -1.03. The van der Waals surface area contributed by atoms with Gasteiger partial charge in [-0.15, -0.1) is 0 Å². The maximum atomic E-state index is 11.2. The third-order valence-electron chi connectivity index (χ3n) is 2.90. The molecule has 0 saturated carbocycles. The summed E-state index contributed by atoms with van der Waals surface area (Å²) in [7, 11) is 3.94. The SMILES string of the molecule is COP(/C=C/C1CNCC(N(C)/C=C\C(=O)NC=O)O1)OC. The van der Waals surface area contributed by atoms with E-state index in [0.29, 0.717) is 19.5 Å². The number of carbonyl (C=O) groups is 2. The van der Waals surface area contributed by atoms with Crippen molar-refractivity contribution in [1.29, 1.82) is 0 Å². The monoisotopic (exact) mass is 331 g/mol. The molecule has 2 atom stereocenters. The second-order valence-electron chi connectivity index (χ2n) is 4.39. The molecule has 2 N–H and O–H groups in total. The van der Waals surface area contributed by atoms with Gasteiger partial charge in [0.1, 0.15) is 6.23 Å².